The lowest BCUT2D eigenvalue weighted by Gasteiger charge is -2.39. The third-order valence-electron chi connectivity index (χ3n) is 3.26. The summed E-state index contributed by atoms with van der Waals surface area (Å²) in [5, 5.41) is 8.86. The van der Waals surface area contributed by atoms with Gasteiger partial charge in [-0.15, -0.1) is 0 Å². The Morgan fingerprint density at radius 1 is 1.46 bits per heavy atom. The molecule has 0 aromatic carbocycles. The fraction of sp³-hybridized carbons (Fsp3) is 1.00. The predicted octanol–water partition coefficient (Wildman–Crippen LogP) is 1.88. The van der Waals surface area contributed by atoms with Crippen molar-refractivity contribution in [1.82, 2.24) is 4.90 Å². The molecule has 1 fully saturated rings. The Kier molecular flexibility index (Phi) is 3.74. The minimum atomic E-state index is 0.285. The van der Waals surface area contributed by atoms with E-state index in [9.17, 15) is 0 Å². The molecule has 0 radical (unpaired) electrons. The molecular weight excluding hydrogens is 162 g/mol. The van der Waals surface area contributed by atoms with Crippen LogP contribution in [-0.4, -0.2) is 36.2 Å². The van der Waals surface area contributed by atoms with Crippen LogP contribution in [-0.2, 0) is 0 Å². The molecule has 0 saturated heterocycles. The van der Waals surface area contributed by atoms with Gasteiger partial charge in [0.05, 0.1) is 6.61 Å². The maximum absolute atomic E-state index is 8.86. The van der Waals surface area contributed by atoms with E-state index in [4.69, 9.17) is 5.11 Å². The number of hydrogen-bond donors (Lipinski definition) is 1. The zero-order chi connectivity index (χ0) is 9.90. The first kappa shape index (κ1) is 11.0. The summed E-state index contributed by atoms with van der Waals surface area (Å²) in [5.74, 6) is 0. The SMILES string of the molecule is CN(CCO)C1CCCC(C)(C)C1. The molecule has 1 rings (SSSR count). The van der Waals surface area contributed by atoms with Crippen LogP contribution in [0.1, 0.15) is 39.5 Å². The summed E-state index contributed by atoms with van der Waals surface area (Å²) in [5.41, 5.74) is 0.507. The number of hydrogen-bond acceptors (Lipinski definition) is 2. The first-order valence-corrected chi connectivity index (χ1v) is 5.36. The lowest BCUT2D eigenvalue weighted by atomic mass is 9.75. The largest absolute Gasteiger partial charge is 0.395 e. The molecule has 0 aromatic rings. The standard InChI is InChI=1S/C11H23NO/c1-11(2)6-4-5-10(9-11)12(3)7-8-13/h10,13H,4-9H2,1-3H3. The second kappa shape index (κ2) is 4.43. The number of aliphatic hydroxyl groups excluding tert-OH is 1. The van der Waals surface area contributed by atoms with Crippen LogP contribution in [0.25, 0.3) is 0 Å². The van der Waals surface area contributed by atoms with Crippen molar-refractivity contribution in [1.29, 1.82) is 0 Å². The molecule has 0 aromatic heterocycles. The van der Waals surface area contributed by atoms with E-state index in [0.717, 1.165) is 6.54 Å². The lowest BCUT2D eigenvalue weighted by Crippen LogP contribution is -2.40. The number of nitrogens with zero attached hydrogens (tertiary/aromatic N) is 1. The van der Waals surface area contributed by atoms with Crippen molar-refractivity contribution in [2.45, 2.75) is 45.6 Å². The third-order valence-corrected chi connectivity index (χ3v) is 3.26. The van der Waals surface area contributed by atoms with Crippen molar-refractivity contribution in [2.24, 2.45) is 5.41 Å². The predicted molar refractivity (Wildman–Crippen MR) is 55.8 cm³/mol. The highest BCUT2D eigenvalue weighted by Crippen LogP contribution is 2.36. The zero-order valence-electron chi connectivity index (χ0n) is 9.21. The van der Waals surface area contributed by atoms with Crippen LogP contribution in [0, 0.1) is 5.41 Å². The second-order valence-corrected chi connectivity index (χ2v) is 5.12. The van der Waals surface area contributed by atoms with Crippen LogP contribution in [0.15, 0.2) is 0 Å². The minimum Gasteiger partial charge on any atom is -0.395 e. The van der Waals surface area contributed by atoms with Gasteiger partial charge in [0.15, 0.2) is 0 Å². The molecule has 1 aliphatic rings. The first-order valence-electron chi connectivity index (χ1n) is 5.36. The van der Waals surface area contributed by atoms with Crippen molar-refractivity contribution < 1.29 is 5.11 Å². The molecule has 0 bridgehead atoms. The van der Waals surface area contributed by atoms with Crippen LogP contribution in [0.5, 0.6) is 0 Å². The molecule has 13 heavy (non-hydrogen) atoms. The average Bonchev–Trinajstić information content (AvgIpc) is 2.03. The quantitative estimate of drug-likeness (QED) is 0.725. The van der Waals surface area contributed by atoms with Gasteiger partial charge in [-0.25, -0.2) is 0 Å². The van der Waals surface area contributed by atoms with Gasteiger partial charge >= 0.3 is 0 Å². The number of likely N-dealkylation sites (N-methyl/N-ethyl adjacent to an activating group) is 1. The average molecular weight is 185 g/mol. The molecule has 1 N–H and O–H groups in total. The van der Waals surface area contributed by atoms with E-state index in [-0.39, 0.29) is 6.61 Å². The van der Waals surface area contributed by atoms with Gasteiger partial charge in [-0.05, 0) is 31.7 Å². The summed E-state index contributed by atoms with van der Waals surface area (Å²) in [4.78, 5) is 2.31. The summed E-state index contributed by atoms with van der Waals surface area (Å²) in [6.07, 6.45) is 5.29. The van der Waals surface area contributed by atoms with Crippen molar-refractivity contribution in [2.75, 3.05) is 20.2 Å². The Morgan fingerprint density at radius 3 is 2.69 bits per heavy atom. The Morgan fingerprint density at radius 2 is 2.15 bits per heavy atom. The first-order chi connectivity index (χ1) is 6.05. The van der Waals surface area contributed by atoms with E-state index >= 15 is 0 Å². The van der Waals surface area contributed by atoms with E-state index in [2.05, 4.69) is 25.8 Å². The molecule has 1 atom stereocenters. The highest BCUT2D eigenvalue weighted by Gasteiger charge is 2.29. The van der Waals surface area contributed by atoms with Crippen molar-refractivity contribution >= 4 is 0 Å². The maximum Gasteiger partial charge on any atom is 0.0558 e. The van der Waals surface area contributed by atoms with Gasteiger partial charge in [0, 0.05) is 12.6 Å². The summed E-state index contributed by atoms with van der Waals surface area (Å²) >= 11 is 0. The third kappa shape index (κ3) is 3.28. The van der Waals surface area contributed by atoms with Gasteiger partial charge < -0.3 is 10.0 Å². The fourth-order valence-corrected chi connectivity index (χ4v) is 2.37. The van der Waals surface area contributed by atoms with Gasteiger partial charge in [0.1, 0.15) is 0 Å². The highest BCUT2D eigenvalue weighted by atomic mass is 16.3. The molecule has 2 nitrogen and oxygen atoms in total. The van der Waals surface area contributed by atoms with Crippen LogP contribution < -0.4 is 0 Å². The topological polar surface area (TPSA) is 23.5 Å². The van der Waals surface area contributed by atoms with E-state index < -0.39 is 0 Å². The van der Waals surface area contributed by atoms with E-state index in [1.54, 1.807) is 0 Å². The summed E-state index contributed by atoms with van der Waals surface area (Å²) in [7, 11) is 2.13. The highest BCUT2D eigenvalue weighted by molar-refractivity contribution is 4.83. The normalized spacial score (nSPS) is 27.9. The van der Waals surface area contributed by atoms with Gasteiger partial charge in [0.25, 0.3) is 0 Å². The maximum atomic E-state index is 8.86. The van der Waals surface area contributed by atoms with Crippen LogP contribution in [0.3, 0.4) is 0 Å². The molecular formula is C11H23NO. The second-order valence-electron chi connectivity index (χ2n) is 5.12. The Hall–Kier alpha value is -0.0800. The van der Waals surface area contributed by atoms with Gasteiger partial charge in [-0.1, -0.05) is 20.3 Å². The molecule has 1 unspecified atom stereocenters. The van der Waals surface area contributed by atoms with Crippen LogP contribution in [0.4, 0.5) is 0 Å². The molecule has 0 amide bonds. The zero-order valence-corrected chi connectivity index (χ0v) is 9.21. The monoisotopic (exact) mass is 185 g/mol. The van der Waals surface area contributed by atoms with E-state index in [1.165, 1.54) is 25.7 Å². The van der Waals surface area contributed by atoms with Crippen molar-refractivity contribution in [3.8, 4) is 0 Å². The summed E-state index contributed by atoms with van der Waals surface area (Å²) in [6.45, 7) is 5.81. The van der Waals surface area contributed by atoms with Gasteiger partial charge in [0.2, 0.25) is 0 Å². The molecule has 0 spiro atoms. The minimum absolute atomic E-state index is 0.285. The molecule has 0 aliphatic heterocycles. The molecule has 2 heteroatoms. The fourth-order valence-electron chi connectivity index (χ4n) is 2.37. The molecule has 0 heterocycles. The van der Waals surface area contributed by atoms with E-state index in [1.807, 2.05) is 0 Å². The smallest absolute Gasteiger partial charge is 0.0558 e. The molecule has 78 valence electrons. The summed E-state index contributed by atoms with van der Waals surface area (Å²) < 4.78 is 0. The Labute approximate surface area is 81.9 Å². The summed E-state index contributed by atoms with van der Waals surface area (Å²) in [6, 6.07) is 0.691. The Bertz CT molecular complexity index is 156. The number of aliphatic hydroxyl groups is 1. The molecule has 1 saturated carbocycles. The molecule has 1 aliphatic carbocycles. The Balaban J connectivity index is 2.42. The van der Waals surface area contributed by atoms with Crippen molar-refractivity contribution in [3.05, 3.63) is 0 Å². The van der Waals surface area contributed by atoms with E-state index in [0.29, 0.717) is 11.5 Å². The number of rotatable bonds is 3. The van der Waals surface area contributed by atoms with Gasteiger partial charge in [-0.3, -0.25) is 0 Å². The van der Waals surface area contributed by atoms with Crippen LogP contribution in [0.2, 0.25) is 0 Å². The van der Waals surface area contributed by atoms with Crippen molar-refractivity contribution in [3.63, 3.8) is 0 Å². The van der Waals surface area contributed by atoms with Gasteiger partial charge in [-0.2, -0.15) is 0 Å². The van der Waals surface area contributed by atoms with Crippen LogP contribution >= 0.6 is 0 Å². The lowest BCUT2D eigenvalue weighted by molar-refractivity contribution is 0.0985.